The molecule has 54 heavy (non-hydrogen) atoms. The number of aliphatic carboxylic acids is 1. The number of carboxylic acid groups (broad SMARTS) is 1. The molecule has 312 valence electrons. The van der Waals surface area contributed by atoms with Crippen LogP contribution in [0, 0.1) is 0 Å². The highest BCUT2D eigenvalue weighted by Crippen LogP contribution is 2.13. The summed E-state index contributed by atoms with van der Waals surface area (Å²) in [7, 11) is 5.51. The van der Waals surface area contributed by atoms with E-state index in [0.717, 1.165) is 83.5 Å². The molecule has 0 amide bonds. The third kappa shape index (κ3) is 35.0. The SMILES string of the molecule is CC/C=C/C/C=C/C/C=C/CCCCCCC(=O)OCC(COCCC(C(=O)O)[N+](C)(C)C)OC(=O)CCCCCCC/C=C/CCCCCCCCC. The molecule has 0 aliphatic carbocycles. The summed E-state index contributed by atoms with van der Waals surface area (Å²) in [6, 6.07) is -0.620. The molecule has 2 unspecified atom stereocenters. The van der Waals surface area contributed by atoms with E-state index in [-0.39, 0.29) is 36.2 Å². The van der Waals surface area contributed by atoms with Crippen LogP contribution >= 0.6 is 0 Å². The van der Waals surface area contributed by atoms with E-state index in [4.69, 9.17) is 14.2 Å². The minimum atomic E-state index is -0.881. The van der Waals surface area contributed by atoms with Crippen LogP contribution in [0.3, 0.4) is 0 Å². The average molecular weight is 761 g/mol. The zero-order valence-electron chi connectivity index (χ0n) is 35.4. The van der Waals surface area contributed by atoms with Crippen molar-refractivity contribution < 1.29 is 38.2 Å². The number of esters is 2. The second kappa shape index (κ2) is 37.2. The second-order valence-electron chi connectivity index (χ2n) is 15.6. The number of rotatable bonds is 38. The summed E-state index contributed by atoms with van der Waals surface area (Å²) < 4.78 is 17.2. The van der Waals surface area contributed by atoms with E-state index < -0.39 is 18.1 Å². The molecule has 0 aromatic carbocycles. The van der Waals surface area contributed by atoms with Gasteiger partial charge in [0.15, 0.2) is 12.1 Å². The van der Waals surface area contributed by atoms with Crippen LogP contribution in [-0.2, 0) is 28.6 Å². The summed E-state index contributed by atoms with van der Waals surface area (Å²) >= 11 is 0. The topological polar surface area (TPSA) is 99.1 Å². The number of quaternary nitrogens is 1. The molecule has 0 radical (unpaired) electrons. The molecule has 0 aromatic rings. The minimum Gasteiger partial charge on any atom is -0.477 e. The van der Waals surface area contributed by atoms with E-state index in [9.17, 15) is 19.5 Å². The van der Waals surface area contributed by atoms with Crippen LogP contribution < -0.4 is 0 Å². The van der Waals surface area contributed by atoms with Crippen LogP contribution in [0.25, 0.3) is 0 Å². The average Bonchev–Trinajstić information content (AvgIpc) is 3.12. The van der Waals surface area contributed by atoms with E-state index in [0.29, 0.717) is 19.3 Å². The molecule has 1 N–H and O–H groups in total. The van der Waals surface area contributed by atoms with Gasteiger partial charge in [-0.3, -0.25) is 9.59 Å². The lowest BCUT2D eigenvalue weighted by atomic mass is 10.1. The Balaban J connectivity index is 4.40. The number of carboxylic acids is 1. The van der Waals surface area contributed by atoms with Crippen molar-refractivity contribution in [3.8, 4) is 0 Å². The predicted molar refractivity (Wildman–Crippen MR) is 224 cm³/mol. The van der Waals surface area contributed by atoms with Crippen LogP contribution in [-0.4, -0.2) is 80.6 Å². The van der Waals surface area contributed by atoms with Gasteiger partial charge in [0.25, 0.3) is 0 Å². The highest BCUT2D eigenvalue weighted by molar-refractivity contribution is 5.72. The van der Waals surface area contributed by atoms with Crippen molar-refractivity contribution in [2.24, 2.45) is 0 Å². The van der Waals surface area contributed by atoms with Gasteiger partial charge in [-0.1, -0.05) is 133 Å². The number of ether oxygens (including phenoxy) is 3. The maximum Gasteiger partial charge on any atom is 0.362 e. The number of carbonyl (C=O) groups excluding carboxylic acids is 2. The highest BCUT2D eigenvalue weighted by Gasteiger charge is 2.31. The van der Waals surface area contributed by atoms with Crippen LogP contribution in [0.4, 0.5) is 0 Å². The molecule has 2 atom stereocenters. The first-order chi connectivity index (χ1) is 26.1. The Kier molecular flexibility index (Phi) is 35.4. The lowest BCUT2D eigenvalue weighted by Crippen LogP contribution is -2.50. The van der Waals surface area contributed by atoms with E-state index in [2.05, 4.69) is 62.5 Å². The summed E-state index contributed by atoms with van der Waals surface area (Å²) in [6.45, 7) is 4.58. The summed E-state index contributed by atoms with van der Waals surface area (Å²) in [5, 5.41) is 9.61. The number of unbranched alkanes of at least 4 members (excludes halogenated alkanes) is 16. The molecule has 0 saturated heterocycles. The Hall–Kier alpha value is -2.71. The molecule has 8 nitrogen and oxygen atoms in total. The third-order valence-corrected chi connectivity index (χ3v) is 9.46. The standard InChI is InChI=1S/C46H81NO7/c1-6-8-10-12-14-16-18-20-22-23-25-27-29-31-33-35-37-45(49)54-42(40-52-39-38-43(46(50)51)47(3,4)5)41-53-44(48)36-34-32-30-28-26-24-21-19-17-15-13-11-9-7-2/h9,11,15,17,21-24,42-43H,6-8,10,12-14,16,18-20,25-41H2,1-5H3/p+1/b11-9+,17-15+,23-22+,24-21+. The molecule has 0 fully saturated rings. The maximum absolute atomic E-state index is 12.7. The van der Waals surface area contributed by atoms with Crippen molar-refractivity contribution in [3.63, 3.8) is 0 Å². The number of nitrogens with zero attached hydrogens (tertiary/aromatic N) is 1. The molecule has 0 spiro atoms. The molecule has 0 saturated carbocycles. The van der Waals surface area contributed by atoms with Gasteiger partial charge in [0.05, 0.1) is 34.4 Å². The first kappa shape index (κ1) is 51.3. The number of allylic oxidation sites excluding steroid dienone is 8. The monoisotopic (exact) mass is 761 g/mol. The highest BCUT2D eigenvalue weighted by atomic mass is 16.6. The van der Waals surface area contributed by atoms with E-state index in [1.807, 2.05) is 21.1 Å². The van der Waals surface area contributed by atoms with Crippen LogP contribution in [0.5, 0.6) is 0 Å². The number of hydrogen-bond acceptors (Lipinski definition) is 6. The zero-order valence-corrected chi connectivity index (χ0v) is 35.4. The molecule has 0 aliphatic heterocycles. The smallest absolute Gasteiger partial charge is 0.362 e. The number of hydrogen-bond donors (Lipinski definition) is 1. The molecular formula is C46H82NO7+. The number of likely N-dealkylation sites (N-methyl/N-ethyl adjacent to an activating group) is 1. The van der Waals surface area contributed by atoms with Gasteiger partial charge in [0.1, 0.15) is 6.61 Å². The summed E-state index contributed by atoms with van der Waals surface area (Å²) in [5.41, 5.74) is 0. The summed E-state index contributed by atoms with van der Waals surface area (Å²) in [6.07, 6.45) is 42.9. The molecular weight excluding hydrogens is 679 g/mol. The molecule has 0 aromatic heterocycles. The summed E-state index contributed by atoms with van der Waals surface area (Å²) in [5.74, 6) is -1.51. The van der Waals surface area contributed by atoms with Crippen molar-refractivity contribution in [1.29, 1.82) is 0 Å². The third-order valence-electron chi connectivity index (χ3n) is 9.46. The second-order valence-corrected chi connectivity index (χ2v) is 15.6. The van der Waals surface area contributed by atoms with Gasteiger partial charge in [0, 0.05) is 19.3 Å². The molecule has 0 aliphatic rings. The maximum atomic E-state index is 12.7. The Labute approximate surface area is 331 Å². The Morgan fingerprint density at radius 2 is 1.04 bits per heavy atom. The van der Waals surface area contributed by atoms with E-state index >= 15 is 0 Å². The van der Waals surface area contributed by atoms with Gasteiger partial charge in [-0.2, -0.15) is 0 Å². The van der Waals surface area contributed by atoms with Crippen molar-refractivity contribution in [1.82, 2.24) is 0 Å². The van der Waals surface area contributed by atoms with Gasteiger partial charge in [0.2, 0.25) is 0 Å². The first-order valence-electron chi connectivity index (χ1n) is 21.7. The lowest BCUT2D eigenvalue weighted by Gasteiger charge is -2.31. The van der Waals surface area contributed by atoms with Gasteiger partial charge >= 0.3 is 17.9 Å². The molecule has 0 bridgehead atoms. The van der Waals surface area contributed by atoms with E-state index in [1.165, 1.54) is 57.8 Å². The van der Waals surface area contributed by atoms with Crippen molar-refractivity contribution in [2.75, 3.05) is 41.0 Å². The van der Waals surface area contributed by atoms with Crippen molar-refractivity contribution >= 4 is 17.9 Å². The predicted octanol–water partition coefficient (Wildman–Crippen LogP) is 11.6. The lowest BCUT2D eigenvalue weighted by molar-refractivity contribution is -0.887. The van der Waals surface area contributed by atoms with Gasteiger partial charge in [-0.15, -0.1) is 0 Å². The Bertz CT molecular complexity index is 1030. The quantitative estimate of drug-likeness (QED) is 0.0289. The summed E-state index contributed by atoms with van der Waals surface area (Å²) in [4.78, 5) is 36.9. The number of carbonyl (C=O) groups is 3. The fourth-order valence-electron chi connectivity index (χ4n) is 6.10. The van der Waals surface area contributed by atoms with Gasteiger partial charge in [-0.05, 0) is 70.6 Å². The fraction of sp³-hybridized carbons (Fsp3) is 0.761. The van der Waals surface area contributed by atoms with Crippen molar-refractivity contribution in [2.45, 2.75) is 187 Å². The van der Waals surface area contributed by atoms with Crippen LogP contribution in [0.1, 0.15) is 174 Å². The van der Waals surface area contributed by atoms with Gasteiger partial charge in [-0.25, -0.2) is 4.79 Å². The Morgan fingerprint density at radius 1 is 0.574 bits per heavy atom. The zero-order chi connectivity index (χ0) is 40.0. The van der Waals surface area contributed by atoms with Crippen LogP contribution in [0.2, 0.25) is 0 Å². The molecule has 8 heteroatoms. The van der Waals surface area contributed by atoms with Crippen LogP contribution in [0.15, 0.2) is 48.6 Å². The fourth-order valence-corrected chi connectivity index (χ4v) is 6.10. The molecule has 0 heterocycles. The Morgan fingerprint density at radius 3 is 1.56 bits per heavy atom. The largest absolute Gasteiger partial charge is 0.477 e. The first-order valence-corrected chi connectivity index (χ1v) is 21.7. The van der Waals surface area contributed by atoms with E-state index in [1.54, 1.807) is 0 Å². The molecule has 0 rings (SSSR count). The minimum absolute atomic E-state index is 0.0498. The van der Waals surface area contributed by atoms with Crippen molar-refractivity contribution in [3.05, 3.63) is 48.6 Å². The van der Waals surface area contributed by atoms with Gasteiger partial charge < -0.3 is 23.8 Å². The normalized spacial score (nSPS) is 13.4.